The van der Waals surface area contributed by atoms with Crippen molar-refractivity contribution in [3.05, 3.63) is 60.7 Å². The number of hydrogen-bond donors (Lipinski definition) is 0. The minimum absolute atomic E-state index is 0.0187. The van der Waals surface area contributed by atoms with Gasteiger partial charge in [0.2, 0.25) is 5.91 Å². The molecular formula is C19H21N3O. The molecule has 1 amide bonds. The monoisotopic (exact) mass is 307 g/mol. The summed E-state index contributed by atoms with van der Waals surface area (Å²) in [6.07, 6.45) is 1.61. The topological polar surface area (TPSA) is 26.8 Å². The van der Waals surface area contributed by atoms with Crippen LogP contribution in [0.5, 0.6) is 0 Å². The second-order valence-corrected chi connectivity index (χ2v) is 6.09. The van der Waals surface area contributed by atoms with Gasteiger partial charge in [-0.1, -0.05) is 36.4 Å². The van der Waals surface area contributed by atoms with Crippen molar-refractivity contribution in [1.82, 2.24) is 4.90 Å². The summed E-state index contributed by atoms with van der Waals surface area (Å²) in [4.78, 5) is 19.1. The smallest absolute Gasteiger partial charge is 0.225 e. The van der Waals surface area contributed by atoms with E-state index in [0.717, 1.165) is 26.1 Å². The van der Waals surface area contributed by atoms with Crippen molar-refractivity contribution < 1.29 is 4.79 Å². The third-order valence-corrected chi connectivity index (χ3v) is 4.70. The van der Waals surface area contributed by atoms with Crippen molar-refractivity contribution in [2.24, 2.45) is 0 Å². The summed E-state index contributed by atoms with van der Waals surface area (Å²) in [7, 11) is 0. The van der Waals surface area contributed by atoms with Crippen molar-refractivity contribution in [3.8, 4) is 0 Å². The Kier molecular flexibility index (Phi) is 3.66. The summed E-state index contributed by atoms with van der Waals surface area (Å²) in [6, 6.07) is 20.8. The van der Waals surface area contributed by atoms with E-state index in [-0.39, 0.29) is 12.2 Å². The number of carbonyl (C=O) groups is 1. The lowest BCUT2D eigenvalue weighted by Crippen LogP contribution is -2.53. The quantitative estimate of drug-likeness (QED) is 0.872. The Morgan fingerprint density at radius 2 is 1.22 bits per heavy atom. The predicted molar refractivity (Wildman–Crippen MR) is 92.3 cm³/mol. The number of nitrogens with zero attached hydrogens (tertiary/aromatic N) is 3. The first-order chi connectivity index (χ1) is 11.3. The van der Waals surface area contributed by atoms with Gasteiger partial charge in [0, 0.05) is 37.4 Å². The van der Waals surface area contributed by atoms with E-state index in [0.29, 0.717) is 6.42 Å². The predicted octanol–water partition coefficient (Wildman–Crippen LogP) is 2.92. The zero-order chi connectivity index (χ0) is 15.6. The van der Waals surface area contributed by atoms with Gasteiger partial charge in [0.1, 0.15) is 0 Å². The zero-order valence-corrected chi connectivity index (χ0v) is 13.1. The van der Waals surface area contributed by atoms with Crippen LogP contribution in [0.25, 0.3) is 0 Å². The standard InChI is InChI=1S/C19H21N3O/c23-18-12-7-13-22(18)19-20(16-8-3-1-4-9-16)14-15-21(19)17-10-5-2-6-11-17/h1-6,8-11,19H,7,12-15H2. The molecule has 4 nitrogen and oxygen atoms in total. The second kappa shape index (κ2) is 5.95. The largest absolute Gasteiger partial charge is 0.332 e. The minimum Gasteiger partial charge on any atom is -0.332 e. The van der Waals surface area contributed by atoms with Crippen molar-refractivity contribution in [2.45, 2.75) is 19.1 Å². The van der Waals surface area contributed by atoms with E-state index in [1.54, 1.807) is 0 Å². The van der Waals surface area contributed by atoms with Crippen LogP contribution in [-0.4, -0.2) is 36.7 Å². The molecular weight excluding hydrogens is 286 g/mol. The molecule has 2 aliphatic rings. The maximum atomic E-state index is 12.4. The molecule has 0 spiro atoms. The fourth-order valence-corrected chi connectivity index (χ4v) is 3.63. The van der Waals surface area contributed by atoms with Gasteiger partial charge in [0.25, 0.3) is 0 Å². The van der Waals surface area contributed by atoms with Gasteiger partial charge >= 0.3 is 0 Å². The van der Waals surface area contributed by atoms with Crippen molar-refractivity contribution in [1.29, 1.82) is 0 Å². The lowest BCUT2D eigenvalue weighted by molar-refractivity contribution is -0.129. The first-order valence-electron chi connectivity index (χ1n) is 8.27. The van der Waals surface area contributed by atoms with E-state index in [1.807, 2.05) is 17.0 Å². The second-order valence-electron chi connectivity index (χ2n) is 6.09. The molecule has 2 aromatic rings. The SMILES string of the molecule is O=C1CCCN1C1N(c2ccccc2)CCN1c1ccccc1. The van der Waals surface area contributed by atoms with E-state index in [4.69, 9.17) is 0 Å². The van der Waals surface area contributed by atoms with Crippen LogP contribution in [0, 0.1) is 0 Å². The number of anilines is 2. The van der Waals surface area contributed by atoms with Crippen molar-refractivity contribution in [3.63, 3.8) is 0 Å². The van der Waals surface area contributed by atoms with Gasteiger partial charge in [-0.25, -0.2) is 0 Å². The number of benzene rings is 2. The van der Waals surface area contributed by atoms with Crippen LogP contribution in [0.3, 0.4) is 0 Å². The summed E-state index contributed by atoms with van der Waals surface area (Å²) < 4.78 is 0. The Hall–Kier alpha value is -2.49. The molecule has 0 bridgehead atoms. The molecule has 0 atom stereocenters. The molecule has 2 fully saturated rings. The van der Waals surface area contributed by atoms with Crippen LogP contribution in [0.1, 0.15) is 12.8 Å². The molecule has 0 N–H and O–H groups in total. The molecule has 4 heteroatoms. The Morgan fingerprint density at radius 3 is 1.65 bits per heavy atom. The van der Waals surface area contributed by atoms with Gasteiger partial charge in [-0.15, -0.1) is 0 Å². The van der Waals surface area contributed by atoms with Crippen LogP contribution in [0.4, 0.5) is 11.4 Å². The fourth-order valence-electron chi connectivity index (χ4n) is 3.63. The molecule has 2 aromatic carbocycles. The molecule has 2 saturated heterocycles. The molecule has 4 rings (SSSR count). The highest BCUT2D eigenvalue weighted by molar-refractivity contribution is 5.79. The van der Waals surface area contributed by atoms with E-state index in [9.17, 15) is 4.79 Å². The Bertz CT molecular complexity index is 626. The molecule has 0 radical (unpaired) electrons. The van der Waals surface area contributed by atoms with Crippen molar-refractivity contribution >= 4 is 17.3 Å². The molecule has 2 heterocycles. The van der Waals surface area contributed by atoms with Crippen LogP contribution in [-0.2, 0) is 4.79 Å². The molecule has 0 aromatic heterocycles. The minimum atomic E-state index is -0.0187. The lowest BCUT2D eigenvalue weighted by atomic mass is 10.3. The number of hydrogen-bond acceptors (Lipinski definition) is 3. The van der Waals surface area contributed by atoms with Crippen LogP contribution < -0.4 is 9.80 Å². The molecule has 2 aliphatic heterocycles. The summed E-state index contributed by atoms with van der Waals surface area (Å²) in [5.41, 5.74) is 2.35. The summed E-state index contributed by atoms with van der Waals surface area (Å²) in [6.45, 7) is 2.69. The number of para-hydroxylation sites is 2. The average molecular weight is 307 g/mol. The number of amides is 1. The van der Waals surface area contributed by atoms with Gasteiger partial charge in [0.05, 0.1) is 0 Å². The zero-order valence-electron chi connectivity index (χ0n) is 13.1. The third kappa shape index (κ3) is 2.54. The third-order valence-electron chi connectivity index (χ3n) is 4.70. The van der Waals surface area contributed by atoms with Crippen molar-refractivity contribution in [2.75, 3.05) is 29.4 Å². The van der Waals surface area contributed by atoms with Gasteiger partial charge < -0.3 is 14.7 Å². The highest BCUT2D eigenvalue weighted by Gasteiger charge is 2.40. The van der Waals surface area contributed by atoms with Gasteiger partial charge in [-0.05, 0) is 30.7 Å². The Labute approximate surface area is 136 Å². The maximum Gasteiger partial charge on any atom is 0.225 e. The molecule has 0 unspecified atom stereocenters. The molecule has 23 heavy (non-hydrogen) atoms. The number of carbonyl (C=O) groups excluding carboxylic acids is 1. The molecule has 0 saturated carbocycles. The fraction of sp³-hybridized carbons (Fsp3) is 0.316. The first-order valence-corrected chi connectivity index (χ1v) is 8.27. The number of likely N-dealkylation sites (tertiary alicyclic amines) is 1. The Morgan fingerprint density at radius 1 is 0.696 bits per heavy atom. The average Bonchev–Trinajstić information content (AvgIpc) is 3.22. The highest BCUT2D eigenvalue weighted by atomic mass is 16.2. The van der Waals surface area contributed by atoms with E-state index in [1.165, 1.54) is 11.4 Å². The molecule has 118 valence electrons. The summed E-state index contributed by atoms with van der Waals surface area (Å²) in [5.74, 6) is 0.263. The highest BCUT2D eigenvalue weighted by Crippen LogP contribution is 2.31. The number of rotatable bonds is 3. The van der Waals surface area contributed by atoms with E-state index >= 15 is 0 Å². The summed E-state index contributed by atoms with van der Waals surface area (Å²) >= 11 is 0. The van der Waals surface area contributed by atoms with Crippen LogP contribution in [0.15, 0.2) is 60.7 Å². The van der Waals surface area contributed by atoms with Gasteiger partial charge in [-0.2, -0.15) is 0 Å². The summed E-state index contributed by atoms with van der Waals surface area (Å²) in [5, 5.41) is 0. The van der Waals surface area contributed by atoms with Gasteiger partial charge in [-0.3, -0.25) is 4.79 Å². The van der Waals surface area contributed by atoms with Crippen LogP contribution >= 0.6 is 0 Å². The maximum absolute atomic E-state index is 12.4. The lowest BCUT2D eigenvalue weighted by Gasteiger charge is -2.38. The van der Waals surface area contributed by atoms with Gasteiger partial charge in [0.15, 0.2) is 6.29 Å². The first kappa shape index (κ1) is 14.1. The Balaban J connectivity index is 1.71. The molecule has 0 aliphatic carbocycles. The van der Waals surface area contributed by atoms with E-state index in [2.05, 4.69) is 58.3 Å². The normalized spacial score (nSPS) is 19.0. The van der Waals surface area contributed by atoms with Crippen LogP contribution in [0.2, 0.25) is 0 Å². The van der Waals surface area contributed by atoms with E-state index < -0.39 is 0 Å².